The van der Waals surface area contributed by atoms with E-state index in [1.807, 2.05) is 25.3 Å². The molecule has 0 amide bonds. The minimum absolute atomic E-state index is 0.0689. The zero-order valence-electron chi connectivity index (χ0n) is 19.8. The van der Waals surface area contributed by atoms with E-state index < -0.39 is 11.6 Å². The molecule has 2 fully saturated rings. The molecule has 2 aromatic rings. The number of carbonyl (C=O) groups is 1. The van der Waals surface area contributed by atoms with Gasteiger partial charge in [-0.1, -0.05) is 70.5 Å². The third-order valence-electron chi connectivity index (χ3n) is 7.61. The molecule has 32 heavy (non-hydrogen) atoms. The van der Waals surface area contributed by atoms with Gasteiger partial charge >= 0.3 is 5.97 Å². The maximum Gasteiger partial charge on any atom is 0.338 e. The second-order valence-electron chi connectivity index (χ2n) is 10.0. The van der Waals surface area contributed by atoms with Crippen LogP contribution in [0.15, 0.2) is 48.7 Å². The summed E-state index contributed by atoms with van der Waals surface area (Å²) < 4.78 is 5.49. The van der Waals surface area contributed by atoms with E-state index in [0.29, 0.717) is 18.3 Å². The monoisotopic (exact) mass is 433 g/mol. The summed E-state index contributed by atoms with van der Waals surface area (Å²) in [4.78, 5) is 17.1. The number of pyridine rings is 1. The molecule has 0 bridgehead atoms. The van der Waals surface area contributed by atoms with Gasteiger partial charge in [-0.2, -0.15) is 0 Å². The van der Waals surface area contributed by atoms with E-state index in [1.54, 1.807) is 0 Å². The Kier molecular flexibility index (Phi) is 6.26. The van der Waals surface area contributed by atoms with Crippen molar-refractivity contribution in [2.24, 2.45) is 23.7 Å². The number of hydrogen-bond acceptors (Lipinski definition) is 4. The molecule has 1 aromatic carbocycles. The summed E-state index contributed by atoms with van der Waals surface area (Å²) in [6.07, 6.45) is 7.30. The van der Waals surface area contributed by atoms with Gasteiger partial charge in [0.15, 0.2) is 5.60 Å². The molecule has 6 unspecified atom stereocenters. The maximum absolute atomic E-state index is 12.4. The van der Waals surface area contributed by atoms with Gasteiger partial charge < -0.3 is 9.84 Å². The highest BCUT2D eigenvalue weighted by atomic mass is 16.6. The van der Waals surface area contributed by atoms with Crippen molar-refractivity contribution in [1.82, 2.24) is 4.98 Å². The highest BCUT2D eigenvalue weighted by molar-refractivity contribution is 5.82. The number of cyclic esters (lactones) is 1. The second-order valence-corrected chi connectivity index (χ2v) is 10.0. The lowest BCUT2D eigenvalue weighted by Gasteiger charge is -2.45. The van der Waals surface area contributed by atoms with Crippen molar-refractivity contribution >= 4 is 12.0 Å². The summed E-state index contributed by atoms with van der Waals surface area (Å²) in [5, 5.41) is 11.2. The number of benzene rings is 1. The Morgan fingerprint density at radius 3 is 2.66 bits per heavy atom. The number of nitrogens with zero attached hydrogens (tertiary/aromatic N) is 1. The van der Waals surface area contributed by atoms with Gasteiger partial charge in [-0.05, 0) is 60.3 Å². The van der Waals surface area contributed by atoms with Gasteiger partial charge in [0.2, 0.25) is 0 Å². The number of aromatic nitrogens is 1. The minimum Gasteiger partial charge on any atom is -0.460 e. The van der Waals surface area contributed by atoms with Crippen LogP contribution in [0.1, 0.15) is 64.6 Å². The van der Waals surface area contributed by atoms with Crippen LogP contribution in [-0.4, -0.2) is 27.8 Å². The van der Waals surface area contributed by atoms with Crippen molar-refractivity contribution in [2.75, 3.05) is 0 Å². The highest BCUT2D eigenvalue weighted by Gasteiger charge is 2.62. The molecule has 170 valence electrons. The quantitative estimate of drug-likeness (QED) is 0.600. The smallest absolute Gasteiger partial charge is 0.338 e. The van der Waals surface area contributed by atoms with Crippen molar-refractivity contribution in [3.05, 3.63) is 59.9 Å². The molecule has 1 aliphatic heterocycles. The normalized spacial score (nSPS) is 32.3. The van der Waals surface area contributed by atoms with Crippen LogP contribution in [-0.2, 0) is 9.53 Å². The Hall–Kier alpha value is -2.46. The van der Waals surface area contributed by atoms with E-state index in [2.05, 4.69) is 69.1 Å². The summed E-state index contributed by atoms with van der Waals surface area (Å²) in [6, 6.07) is 12.7. The third kappa shape index (κ3) is 4.01. The SMILES string of the molecule is CCC1C(C)CC2(O)C(=O)OC(C)C2C1/C=C/c1ccc(-c2cccc(C(C)C)c2)cn1. The number of ether oxygens (including phenoxy) is 1. The van der Waals surface area contributed by atoms with Crippen LogP contribution in [0, 0.1) is 23.7 Å². The Labute approximate surface area is 191 Å². The topological polar surface area (TPSA) is 59.4 Å². The van der Waals surface area contributed by atoms with Crippen LogP contribution in [0.25, 0.3) is 17.2 Å². The van der Waals surface area contributed by atoms with Crippen molar-refractivity contribution in [3.8, 4) is 11.1 Å². The second kappa shape index (κ2) is 8.82. The van der Waals surface area contributed by atoms with Crippen LogP contribution < -0.4 is 0 Å². The number of carbonyl (C=O) groups excluding carboxylic acids is 1. The first-order chi connectivity index (χ1) is 15.2. The molecule has 0 spiro atoms. The zero-order valence-corrected chi connectivity index (χ0v) is 19.8. The van der Waals surface area contributed by atoms with Gasteiger partial charge in [0.1, 0.15) is 6.10 Å². The molecule has 1 aromatic heterocycles. The zero-order chi connectivity index (χ0) is 23.0. The van der Waals surface area contributed by atoms with Crippen LogP contribution in [0.2, 0.25) is 0 Å². The molecular formula is C28H35NO3. The fourth-order valence-electron chi connectivity index (χ4n) is 5.91. The molecule has 2 heterocycles. The molecule has 1 saturated heterocycles. The van der Waals surface area contributed by atoms with E-state index >= 15 is 0 Å². The number of allylic oxidation sites excluding steroid dienone is 1. The number of fused-ring (bicyclic) bond motifs is 1. The summed E-state index contributed by atoms with van der Waals surface area (Å²) in [7, 11) is 0. The predicted molar refractivity (Wildman–Crippen MR) is 128 cm³/mol. The summed E-state index contributed by atoms with van der Waals surface area (Å²) >= 11 is 0. The largest absolute Gasteiger partial charge is 0.460 e. The first-order valence-corrected chi connectivity index (χ1v) is 11.9. The first-order valence-electron chi connectivity index (χ1n) is 11.9. The minimum atomic E-state index is -1.38. The van der Waals surface area contributed by atoms with Crippen LogP contribution in [0.3, 0.4) is 0 Å². The van der Waals surface area contributed by atoms with Crippen LogP contribution >= 0.6 is 0 Å². The number of hydrogen-bond donors (Lipinski definition) is 1. The Balaban J connectivity index is 1.59. The van der Waals surface area contributed by atoms with Crippen molar-refractivity contribution in [3.63, 3.8) is 0 Å². The molecule has 1 N–H and O–H groups in total. The molecule has 6 atom stereocenters. The van der Waals surface area contributed by atoms with Gasteiger partial charge in [0.25, 0.3) is 0 Å². The van der Waals surface area contributed by atoms with Crippen molar-refractivity contribution in [2.45, 2.75) is 65.1 Å². The molecule has 1 aliphatic carbocycles. The Bertz CT molecular complexity index is 996. The molecule has 4 rings (SSSR count). The van der Waals surface area contributed by atoms with Crippen LogP contribution in [0.4, 0.5) is 0 Å². The summed E-state index contributed by atoms with van der Waals surface area (Å²) in [6.45, 7) is 10.6. The van der Waals surface area contributed by atoms with Gasteiger partial charge in [-0.25, -0.2) is 4.79 Å². The lowest BCUT2D eigenvalue weighted by atomic mass is 9.59. The van der Waals surface area contributed by atoms with Crippen molar-refractivity contribution < 1.29 is 14.6 Å². The number of rotatable bonds is 5. The van der Waals surface area contributed by atoms with Crippen LogP contribution in [0.5, 0.6) is 0 Å². The van der Waals surface area contributed by atoms with E-state index in [1.165, 1.54) is 11.1 Å². The van der Waals surface area contributed by atoms with Gasteiger partial charge in [-0.15, -0.1) is 0 Å². The average Bonchev–Trinajstić information content (AvgIpc) is 2.99. The number of aliphatic hydroxyl groups is 1. The Morgan fingerprint density at radius 2 is 2.00 bits per heavy atom. The fraction of sp³-hybridized carbons (Fsp3) is 0.500. The summed E-state index contributed by atoms with van der Waals surface area (Å²) in [5.41, 5.74) is 3.09. The fourth-order valence-corrected chi connectivity index (χ4v) is 5.91. The molecule has 1 saturated carbocycles. The van der Waals surface area contributed by atoms with E-state index in [-0.39, 0.29) is 23.9 Å². The van der Waals surface area contributed by atoms with E-state index in [4.69, 9.17) is 4.74 Å². The third-order valence-corrected chi connectivity index (χ3v) is 7.61. The first kappa shape index (κ1) is 22.7. The van der Waals surface area contributed by atoms with E-state index in [0.717, 1.165) is 17.7 Å². The molecule has 4 heteroatoms. The molecule has 0 radical (unpaired) electrons. The number of esters is 1. The molecule has 2 aliphatic rings. The van der Waals surface area contributed by atoms with Crippen molar-refractivity contribution in [1.29, 1.82) is 0 Å². The van der Waals surface area contributed by atoms with Gasteiger partial charge in [0, 0.05) is 17.7 Å². The standard InChI is InChI=1S/C28H35NO3/c1-6-24-18(4)15-28(31)26(19(5)32-27(28)30)25(24)13-12-23-11-10-22(16-29-23)21-9-7-8-20(14-21)17(2)3/h7-14,16-19,24-26,31H,6,15H2,1-5H3/b13-12+. The lowest BCUT2D eigenvalue weighted by Crippen LogP contribution is -2.53. The average molecular weight is 434 g/mol. The Morgan fingerprint density at radius 1 is 1.22 bits per heavy atom. The van der Waals surface area contributed by atoms with Gasteiger partial charge in [-0.3, -0.25) is 4.98 Å². The maximum atomic E-state index is 12.4. The lowest BCUT2D eigenvalue weighted by molar-refractivity contribution is -0.160. The molecule has 4 nitrogen and oxygen atoms in total. The summed E-state index contributed by atoms with van der Waals surface area (Å²) in [5.74, 6) is 0.525. The highest BCUT2D eigenvalue weighted by Crippen LogP contribution is 2.52. The molecular weight excluding hydrogens is 398 g/mol. The van der Waals surface area contributed by atoms with Gasteiger partial charge in [0.05, 0.1) is 5.69 Å². The van der Waals surface area contributed by atoms with E-state index in [9.17, 15) is 9.90 Å². The predicted octanol–water partition coefficient (Wildman–Crippen LogP) is 5.86.